The first-order valence-corrected chi connectivity index (χ1v) is 7.73. The van der Waals surface area contributed by atoms with Gasteiger partial charge in [-0.1, -0.05) is 43.2 Å². The molecule has 1 aromatic rings. The van der Waals surface area contributed by atoms with Crippen LogP contribution in [0.4, 0.5) is 0 Å². The highest BCUT2D eigenvalue weighted by molar-refractivity contribution is 5.78. The first kappa shape index (κ1) is 16.0. The number of hydrogen-bond donors (Lipinski definition) is 1. The summed E-state index contributed by atoms with van der Waals surface area (Å²) in [5, 5.41) is 8.62. The van der Waals surface area contributed by atoms with Crippen LogP contribution in [-0.2, 0) is 14.3 Å². The molecule has 1 aliphatic rings. The smallest absolute Gasteiger partial charge is 0.313 e. The second-order valence-electron chi connectivity index (χ2n) is 5.44. The van der Waals surface area contributed by atoms with Gasteiger partial charge in [-0.25, -0.2) is 0 Å². The third-order valence-corrected chi connectivity index (χ3v) is 3.99. The predicted molar refractivity (Wildman–Crippen MR) is 80.0 cm³/mol. The first-order chi connectivity index (χ1) is 10.3. The zero-order chi connectivity index (χ0) is 14.9. The fraction of sp³-hybridized carbons (Fsp3) is 0.588. The standard InChI is InChI=1S/C17H24O4/c18-10-11-20-12-13-21-17(19)16(15-8-4-5-9-15)14-6-2-1-3-7-14/h1-3,6-7,15-16,18H,4-5,8-13H2. The minimum Gasteiger partial charge on any atom is -0.463 e. The van der Waals surface area contributed by atoms with Crippen molar-refractivity contribution >= 4 is 5.97 Å². The average molecular weight is 292 g/mol. The van der Waals surface area contributed by atoms with Gasteiger partial charge >= 0.3 is 5.97 Å². The molecule has 0 heterocycles. The lowest BCUT2D eigenvalue weighted by Gasteiger charge is -2.22. The van der Waals surface area contributed by atoms with Crippen LogP contribution in [-0.4, -0.2) is 37.5 Å². The van der Waals surface area contributed by atoms with E-state index >= 15 is 0 Å². The molecule has 0 aliphatic heterocycles. The van der Waals surface area contributed by atoms with Gasteiger partial charge in [-0.05, 0) is 24.3 Å². The lowest BCUT2D eigenvalue weighted by molar-refractivity contribution is -0.148. The molecule has 4 nitrogen and oxygen atoms in total. The maximum absolute atomic E-state index is 12.4. The Bertz CT molecular complexity index is 412. The van der Waals surface area contributed by atoms with Crippen LogP contribution in [0.5, 0.6) is 0 Å². The van der Waals surface area contributed by atoms with Crippen molar-refractivity contribution in [3.05, 3.63) is 35.9 Å². The molecule has 1 N–H and O–H groups in total. The number of rotatable bonds is 8. The van der Waals surface area contributed by atoms with Crippen molar-refractivity contribution < 1.29 is 19.4 Å². The first-order valence-electron chi connectivity index (χ1n) is 7.73. The van der Waals surface area contributed by atoms with E-state index in [4.69, 9.17) is 14.6 Å². The van der Waals surface area contributed by atoms with Crippen molar-refractivity contribution in [2.45, 2.75) is 31.6 Å². The molecular formula is C17H24O4. The molecule has 0 amide bonds. The summed E-state index contributed by atoms with van der Waals surface area (Å²) in [6.07, 6.45) is 4.58. The number of aliphatic hydroxyl groups is 1. The Labute approximate surface area is 126 Å². The molecule has 0 bridgehead atoms. The average Bonchev–Trinajstić information content (AvgIpc) is 3.02. The Morgan fingerprint density at radius 1 is 1.14 bits per heavy atom. The van der Waals surface area contributed by atoms with E-state index in [1.165, 1.54) is 12.8 Å². The van der Waals surface area contributed by atoms with Gasteiger partial charge in [0, 0.05) is 0 Å². The number of esters is 1. The Morgan fingerprint density at radius 2 is 1.86 bits per heavy atom. The molecule has 2 rings (SSSR count). The molecular weight excluding hydrogens is 268 g/mol. The summed E-state index contributed by atoms with van der Waals surface area (Å²) in [6, 6.07) is 9.91. The van der Waals surface area contributed by atoms with Gasteiger partial charge in [0.15, 0.2) is 0 Å². The SMILES string of the molecule is O=C(OCCOCCO)C(c1ccccc1)C1CCCC1. The maximum Gasteiger partial charge on any atom is 0.313 e. The Kier molecular flexibility index (Phi) is 6.70. The molecule has 1 saturated carbocycles. The van der Waals surface area contributed by atoms with Crippen LogP contribution in [0.1, 0.15) is 37.2 Å². The predicted octanol–water partition coefficient (Wildman–Crippen LogP) is 2.51. The fourth-order valence-corrected chi connectivity index (χ4v) is 3.01. The second-order valence-corrected chi connectivity index (χ2v) is 5.44. The van der Waals surface area contributed by atoms with E-state index in [1.807, 2.05) is 30.3 Å². The van der Waals surface area contributed by atoms with E-state index in [2.05, 4.69) is 0 Å². The zero-order valence-electron chi connectivity index (χ0n) is 12.4. The van der Waals surface area contributed by atoms with Crippen LogP contribution in [0.25, 0.3) is 0 Å². The normalized spacial score (nSPS) is 16.8. The molecule has 1 aromatic carbocycles. The van der Waals surface area contributed by atoms with Crippen molar-refractivity contribution in [2.75, 3.05) is 26.4 Å². The summed E-state index contributed by atoms with van der Waals surface area (Å²) in [6.45, 7) is 0.846. The summed E-state index contributed by atoms with van der Waals surface area (Å²) >= 11 is 0. The molecule has 0 aromatic heterocycles. The number of hydrogen-bond acceptors (Lipinski definition) is 4. The van der Waals surface area contributed by atoms with Gasteiger partial charge in [0.2, 0.25) is 0 Å². The number of aliphatic hydroxyl groups excluding tert-OH is 1. The monoisotopic (exact) mass is 292 g/mol. The number of carbonyl (C=O) groups is 1. The van der Waals surface area contributed by atoms with Crippen LogP contribution in [0.15, 0.2) is 30.3 Å². The van der Waals surface area contributed by atoms with Crippen LogP contribution < -0.4 is 0 Å². The van der Waals surface area contributed by atoms with E-state index in [-0.39, 0.29) is 31.7 Å². The highest BCUT2D eigenvalue weighted by Gasteiger charge is 2.32. The van der Waals surface area contributed by atoms with E-state index in [9.17, 15) is 4.79 Å². The third-order valence-electron chi connectivity index (χ3n) is 3.99. The minimum atomic E-state index is -0.161. The van der Waals surface area contributed by atoms with Crippen molar-refractivity contribution in [2.24, 2.45) is 5.92 Å². The molecule has 1 fully saturated rings. The van der Waals surface area contributed by atoms with Gasteiger partial charge in [0.05, 0.1) is 25.7 Å². The number of ether oxygens (including phenoxy) is 2. The van der Waals surface area contributed by atoms with Gasteiger partial charge in [-0.15, -0.1) is 0 Å². The van der Waals surface area contributed by atoms with Gasteiger partial charge in [-0.2, -0.15) is 0 Å². The lowest BCUT2D eigenvalue weighted by Crippen LogP contribution is -2.24. The molecule has 116 valence electrons. The molecule has 0 saturated heterocycles. The van der Waals surface area contributed by atoms with Crippen LogP contribution in [0, 0.1) is 5.92 Å². The Balaban J connectivity index is 1.93. The molecule has 4 heteroatoms. The van der Waals surface area contributed by atoms with E-state index < -0.39 is 0 Å². The molecule has 1 atom stereocenters. The second kappa shape index (κ2) is 8.80. The molecule has 21 heavy (non-hydrogen) atoms. The lowest BCUT2D eigenvalue weighted by atomic mass is 9.85. The van der Waals surface area contributed by atoms with Crippen molar-refractivity contribution in [1.82, 2.24) is 0 Å². The van der Waals surface area contributed by atoms with Crippen molar-refractivity contribution in [1.29, 1.82) is 0 Å². The largest absolute Gasteiger partial charge is 0.463 e. The number of carbonyl (C=O) groups excluding carboxylic acids is 1. The molecule has 1 unspecified atom stereocenters. The fourth-order valence-electron chi connectivity index (χ4n) is 3.01. The summed E-state index contributed by atoms with van der Waals surface area (Å²) in [5.41, 5.74) is 1.05. The van der Waals surface area contributed by atoms with E-state index in [0.717, 1.165) is 18.4 Å². The third kappa shape index (κ3) is 4.83. The van der Waals surface area contributed by atoms with Crippen LogP contribution in [0.3, 0.4) is 0 Å². The summed E-state index contributed by atoms with van der Waals surface area (Å²) in [7, 11) is 0. The Hall–Kier alpha value is -1.39. The van der Waals surface area contributed by atoms with E-state index in [0.29, 0.717) is 12.5 Å². The van der Waals surface area contributed by atoms with Crippen molar-refractivity contribution in [3.63, 3.8) is 0 Å². The highest BCUT2D eigenvalue weighted by Crippen LogP contribution is 2.38. The molecule has 0 radical (unpaired) electrons. The van der Waals surface area contributed by atoms with Gasteiger partial charge in [0.25, 0.3) is 0 Å². The quantitative estimate of drug-likeness (QED) is 0.591. The van der Waals surface area contributed by atoms with Gasteiger partial charge in [-0.3, -0.25) is 4.79 Å². The summed E-state index contributed by atoms with van der Waals surface area (Å²) in [4.78, 5) is 12.4. The number of benzene rings is 1. The van der Waals surface area contributed by atoms with Crippen molar-refractivity contribution in [3.8, 4) is 0 Å². The van der Waals surface area contributed by atoms with Gasteiger partial charge in [0.1, 0.15) is 6.61 Å². The van der Waals surface area contributed by atoms with E-state index in [1.54, 1.807) is 0 Å². The molecule has 1 aliphatic carbocycles. The van der Waals surface area contributed by atoms with Gasteiger partial charge < -0.3 is 14.6 Å². The summed E-state index contributed by atoms with van der Waals surface area (Å²) in [5.74, 6) is 0.0745. The highest BCUT2D eigenvalue weighted by atomic mass is 16.6. The molecule has 0 spiro atoms. The Morgan fingerprint density at radius 3 is 2.52 bits per heavy atom. The van der Waals surface area contributed by atoms with Crippen LogP contribution >= 0.6 is 0 Å². The summed E-state index contributed by atoms with van der Waals surface area (Å²) < 4.78 is 10.5. The zero-order valence-corrected chi connectivity index (χ0v) is 12.4. The topological polar surface area (TPSA) is 55.8 Å². The minimum absolute atomic E-state index is 0.0112. The van der Waals surface area contributed by atoms with Crippen LogP contribution in [0.2, 0.25) is 0 Å². The maximum atomic E-state index is 12.4.